The lowest BCUT2D eigenvalue weighted by atomic mass is 10.1. The van der Waals surface area contributed by atoms with Crippen LogP contribution in [0.2, 0.25) is 0 Å². The number of sulfonamides is 1. The predicted octanol–water partition coefficient (Wildman–Crippen LogP) is 3.27. The summed E-state index contributed by atoms with van der Waals surface area (Å²) < 4.78 is 77.6. The Hall–Kier alpha value is -2.73. The molecule has 2 rings (SSSR count). The summed E-state index contributed by atoms with van der Waals surface area (Å²) in [7, 11) is -2.82. The number of nitrogens with zero attached hydrogens (tertiary/aromatic N) is 1. The SMILES string of the molecule is CNS(=O)(=O)c1ccc(NCc2ccc(F)cc2C(F)(F)F)c([N+](=O)[O-])c1. The highest BCUT2D eigenvalue weighted by Gasteiger charge is 2.33. The lowest BCUT2D eigenvalue weighted by Gasteiger charge is -2.14. The van der Waals surface area contributed by atoms with Crippen LogP contribution in [0.25, 0.3) is 0 Å². The Kier molecular flexibility index (Phi) is 5.70. The Balaban J connectivity index is 2.38. The van der Waals surface area contributed by atoms with Crippen molar-refractivity contribution in [3.05, 3.63) is 63.5 Å². The molecule has 2 aromatic carbocycles. The summed E-state index contributed by atoms with van der Waals surface area (Å²) >= 11 is 0. The van der Waals surface area contributed by atoms with Gasteiger partial charge in [0, 0.05) is 12.6 Å². The molecule has 2 N–H and O–H groups in total. The molecule has 27 heavy (non-hydrogen) atoms. The lowest BCUT2D eigenvalue weighted by Crippen LogP contribution is -2.19. The Morgan fingerprint density at radius 2 is 1.81 bits per heavy atom. The van der Waals surface area contributed by atoms with Crippen LogP contribution in [0.15, 0.2) is 41.3 Å². The quantitative estimate of drug-likeness (QED) is 0.435. The average molecular weight is 407 g/mol. The summed E-state index contributed by atoms with van der Waals surface area (Å²) in [5, 5.41) is 13.7. The van der Waals surface area contributed by atoms with E-state index in [0.717, 1.165) is 37.4 Å². The van der Waals surface area contributed by atoms with Crippen LogP contribution in [0.4, 0.5) is 28.9 Å². The van der Waals surface area contributed by atoms with E-state index in [0.29, 0.717) is 6.07 Å². The molecule has 146 valence electrons. The third kappa shape index (κ3) is 4.71. The number of hydrogen-bond acceptors (Lipinski definition) is 5. The molecule has 0 aliphatic carbocycles. The zero-order valence-electron chi connectivity index (χ0n) is 13.7. The fraction of sp³-hybridized carbons (Fsp3) is 0.200. The number of rotatable bonds is 6. The van der Waals surface area contributed by atoms with Gasteiger partial charge in [0.1, 0.15) is 11.5 Å². The fourth-order valence-electron chi connectivity index (χ4n) is 2.25. The molecule has 7 nitrogen and oxygen atoms in total. The van der Waals surface area contributed by atoms with Crippen molar-refractivity contribution in [2.45, 2.75) is 17.6 Å². The monoisotopic (exact) mass is 407 g/mol. The van der Waals surface area contributed by atoms with E-state index in [2.05, 4.69) is 5.32 Å². The van der Waals surface area contributed by atoms with Gasteiger partial charge in [-0.3, -0.25) is 10.1 Å². The predicted molar refractivity (Wildman–Crippen MR) is 88.1 cm³/mol. The van der Waals surface area contributed by atoms with Gasteiger partial charge < -0.3 is 5.32 Å². The van der Waals surface area contributed by atoms with Crippen LogP contribution in [-0.2, 0) is 22.7 Å². The molecule has 0 bridgehead atoms. The zero-order valence-corrected chi connectivity index (χ0v) is 14.5. The zero-order chi connectivity index (χ0) is 20.4. The first-order chi connectivity index (χ1) is 12.5. The number of anilines is 1. The number of nitrogens with one attached hydrogen (secondary N) is 2. The van der Waals surface area contributed by atoms with Gasteiger partial charge in [-0.25, -0.2) is 17.5 Å². The van der Waals surface area contributed by atoms with Gasteiger partial charge in [0.05, 0.1) is 15.4 Å². The minimum atomic E-state index is -4.81. The molecular weight excluding hydrogens is 394 g/mol. The van der Waals surface area contributed by atoms with E-state index in [1.54, 1.807) is 0 Å². The van der Waals surface area contributed by atoms with Crippen LogP contribution in [0, 0.1) is 15.9 Å². The van der Waals surface area contributed by atoms with Crippen LogP contribution >= 0.6 is 0 Å². The summed E-state index contributed by atoms with van der Waals surface area (Å²) in [4.78, 5) is 9.95. The number of benzene rings is 2. The average Bonchev–Trinajstić information content (AvgIpc) is 2.59. The van der Waals surface area contributed by atoms with E-state index < -0.39 is 44.7 Å². The van der Waals surface area contributed by atoms with Gasteiger partial charge >= 0.3 is 6.18 Å². The molecule has 12 heteroatoms. The minimum Gasteiger partial charge on any atom is -0.375 e. The summed E-state index contributed by atoms with van der Waals surface area (Å²) in [6.45, 7) is -0.492. The third-order valence-electron chi connectivity index (χ3n) is 3.59. The highest BCUT2D eigenvalue weighted by atomic mass is 32.2. The standard InChI is InChI=1S/C15H13F4N3O4S/c1-20-27(25,26)11-4-5-13(14(7-11)22(23)24)21-8-9-2-3-10(16)6-12(9)15(17,18)19/h2-7,20-21H,8H2,1H3. The van der Waals surface area contributed by atoms with Crippen LogP contribution < -0.4 is 10.0 Å². The van der Waals surface area contributed by atoms with Gasteiger partial charge in [-0.15, -0.1) is 0 Å². The van der Waals surface area contributed by atoms with Gasteiger partial charge in [0.2, 0.25) is 10.0 Å². The maximum atomic E-state index is 13.1. The molecule has 0 aliphatic rings. The Morgan fingerprint density at radius 1 is 1.15 bits per heavy atom. The molecule has 0 amide bonds. The van der Waals surface area contributed by atoms with Crippen LogP contribution in [0.3, 0.4) is 0 Å². The lowest BCUT2D eigenvalue weighted by molar-refractivity contribution is -0.384. The second-order valence-corrected chi connectivity index (χ2v) is 7.18. The molecule has 2 aromatic rings. The third-order valence-corrected chi connectivity index (χ3v) is 5.00. The molecular formula is C15H13F4N3O4S. The van der Waals surface area contributed by atoms with Crippen molar-refractivity contribution >= 4 is 21.4 Å². The van der Waals surface area contributed by atoms with Crippen molar-refractivity contribution in [3.63, 3.8) is 0 Å². The largest absolute Gasteiger partial charge is 0.416 e. The van der Waals surface area contributed by atoms with Crippen molar-refractivity contribution < 1.29 is 30.9 Å². The van der Waals surface area contributed by atoms with E-state index in [1.807, 2.05) is 4.72 Å². The maximum absolute atomic E-state index is 13.1. The molecule has 0 saturated heterocycles. The minimum absolute atomic E-state index is 0.187. The number of nitro benzene ring substituents is 1. The van der Waals surface area contributed by atoms with Gasteiger partial charge in [-0.2, -0.15) is 13.2 Å². The van der Waals surface area contributed by atoms with Crippen LogP contribution in [0.1, 0.15) is 11.1 Å². The number of alkyl halides is 3. The van der Waals surface area contributed by atoms with E-state index in [-0.39, 0.29) is 16.1 Å². The molecule has 0 radical (unpaired) electrons. The molecule has 0 fully saturated rings. The molecule has 0 saturated carbocycles. The van der Waals surface area contributed by atoms with E-state index in [9.17, 15) is 36.1 Å². The van der Waals surface area contributed by atoms with Gasteiger partial charge in [0.25, 0.3) is 5.69 Å². The van der Waals surface area contributed by atoms with Crippen molar-refractivity contribution in [2.75, 3.05) is 12.4 Å². The van der Waals surface area contributed by atoms with Gasteiger partial charge in [0.15, 0.2) is 0 Å². The Morgan fingerprint density at radius 3 is 2.37 bits per heavy atom. The van der Waals surface area contributed by atoms with Crippen molar-refractivity contribution in [2.24, 2.45) is 0 Å². The smallest absolute Gasteiger partial charge is 0.375 e. The summed E-state index contributed by atoms with van der Waals surface area (Å²) in [5.74, 6) is -1.07. The topological polar surface area (TPSA) is 101 Å². The van der Waals surface area contributed by atoms with Crippen LogP contribution in [0.5, 0.6) is 0 Å². The van der Waals surface area contributed by atoms with Crippen LogP contribution in [-0.4, -0.2) is 20.4 Å². The molecule has 0 heterocycles. The highest BCUT2D eigenvalue weighted by molar-refractivity contribution is 7.89. The normalized spacial score (nSPS) is 12.0. The summed E-state index contributed by atoms with van der Waals surface area (Å²) in [6, 6.07) is 4.99. The molecule has 0 spiro atoms. The second kappa shape index (κ2) is 7.48. The first-order valence-electron chi connectivity index (χ1n) is 7.27. The van der Waals surface area contributed by atoms with Crippen molar-refractivity contribution in [3.8, 4) is 0 Å². The van der Waals surface area contributed by atoms with Gasteiger partial charge in [-0.1, -0.05) is 6.07 Å². The van der Waals surface area contributed by atoms with Gasteiger partial charge in [-0.05, 0) is 36.9 Å². The van der Waals surface area contributed by atoms with E-state index in [1.165, 1.54) is 0 Å². The number of halogens is 4. The Bertz CT molecular complexity index is 978. The number of nitro groups is 1. The molecule has 0 unspecified atom stereocenters. The number of hydrogen-bond donors (Lipinski definition) is 2. The highest BCUT2D eigenvalue weighted by Crippen LogP contribution is 2.34. The first kappa shape index (κ1) is 20.6. The molecule has 0 aromatic heterocycles. The Labute approximate surface area is 151 Å². The van der Waals surface area contributed by atoms with E-state index in [4.69, 9.17) is 0 Å². The molecule has 0 atom stereocenters. The maximum Gasteiger partial charge on any atom is 0.416 e. The fourth-order valence-corrected chi connectivity index (χ4v) is 3.00. The molecule has 0 aliphatic heterocycles. The summed E-state index contributed by atoms with van der Waals surface area (Å²) in [5.41, 5.74) is -2.37. The van der Waals surface area contributed by atoms with E-state index >= 15 is 0 Å². The second-order valence-electron chi connectivity index (χ2n) is 5.30. The van der Waals surface area contributed by atoms with Crippen molar-refractivity contribution in [1.29, 1.82) is 0 Å². The van der Waals surface area contributed by atoms with Crippen molar-refractivity contribution in [1.82, 2.24) is 4.72 Å². The summed E-state index contributed by atoms with van der Waals surface area (Å²) in [6.07, 6.45) is -4.81. The first-order valence-corrected chi connectivity index (χ1v) is 8.75.